The number of aromatic amines is 1. The van der Waals surface area contributed by atoms with E-state index in [1.165, 1.54) is 22.1 Å². The summed E-state index contributed by atoms with van der Waals surface area (Å²) in [5.74, 6) is 0.207. The van der Waals surface area contributed by atoms with E-state index in [0.717, 1.165) is 16.4 Å². The fourth-order valence-electron chi connectivity index (χ4n) is 2.86. The molecule has 3 aromatic rings. The van der Waals surface area contributed by atoms with Crippen molar-refractivity contribution >= 4 is 26.8 Å². The van der Waals surface area contributed by atoms with Gasteiger partial charge < -0.3 is 10.1 Å². The van der Waals surface area contributed by atoms with E-state index in [4.69, 9.17) is 0 Å². The van der Waals surface area contributed by atoms with E-state index in [9.17, 15) is 5.11 Å². The second-order valence-corrected chi connectivity index (χ2v) is 6.24. The highest BCUT2D eigenvalue weighted by Crippen LogP contribution is 2.35. The number of aliphatic hydroxyl groups excluding tert-OH is 1. The third-order valence-electron chi connectivity index (χ3n) is 3.97. The number of aromatic nitrogens is 1. The second-order valence-electron chi connectivity index (χ2n) is 5.38. The van der Waals surface area contributed by atoms with E-state index < -0.39 is 0 Å². The van der Waals surface area contributed by atoms with Crippen molar-refractivity contribution < 1.29 is 5.11 Å². The minimum Gasteiger partial charge on any atom is -0.396 e. The smallest absolute Gasteiger partial charge is 0.0601 e. The third kappa shape index (κ3) is 2.76. The fourth-order valence-corrected chi connectivity index (χ4v) is 3.34. The first-order valence-electron chi connectivity index (χ1n) is 7.13. The molecule has 2 nitrogen and oxygen atoms in total. The highest BCUT2D eigenvalue weighted by atomic mass is 79.9. The van der Waals surface area contributed by atoms with Crippen molar-refractivity contribution in [2.75, 3.05) is 6.61 Å². The topological polar surface area (TPSA) is 36.0 Å². The third-order valence-corrected chi connectivity index (χ3v) is 4.63. The quantitative estimate of drug-likeness (QED) is 0.704. The zero-order chi connectivity index (χ0) is 14.8. The van der Waals surface area contributed by atoms with Gasteiger partial charge >= 0.3 is 0 Å². The van der Waals surface area contributed by atoms with E-state index >= 15 is 0 Å². The van der Waals surface area contributed by atoms with Crippen molar-refractivity contribution in [3.8, 4) is 0 Å². The molecule has 0 aliphatic carbocycles. The Morgan fingerprint density at radius 3 is 2.62 bits per heavy atom. The molecule has 1 atom stereocenters. The van der Waals surface area contributed by atoms with Gasteiger partial charge in [0.2, 0.25) is 0 Å². The summed E-state index contributed by atoms with van der Waals surface area (Å²) < 4.78 is 1.07. The molecule has 1 heterocycles. The Hall–Kier alpha value is -1.58. The van der Waals surface area contributed by atoms with Crippen LogP contribution in [0.25, 0.3) is 10.9 Å². The van der Waals surface area contributed by atoms with Gasteiger partial charge in [0.15, 0.2) is 0 Å². The maximum absolute atomic E-state index is 9.46. The average molecular weight is 344 g/mol. The lowest BCUT2D eigenvalue weighted by Crippen LogP contribution is -2.03. The Kier molecular flexibility index (Phi) is 4.13. The molecule has 0 fully saturated rings. The number of H-pyrrole nitrogens is 1. The number of hydrogen-bond acceptors (Lipinski definition) is 1. The van der Waals surface area contributed by atoms with Gasteiger partial charge in [-0.2, -0.15) is 0 Å². The van der Waals surface area contributed by atoms with Gasteiger partial charge in [-0.15, -0.1) is 0 Å². The molecule has 0 amide bonds. The standard InChI is InChI=1S/C18H18BrNO/c1-12-5-7-13(8-6-12)14(9-10-21)16-11-20-18-15(16)3-2-4-17(18)19/h2-8,11,14,20-21H,9-10H2,1H3. The van der Waals surface area contributed by atoms with Crippen LogP contribution < -0.4 is 0 Å². The van der Waals surface area contributed by atoms with Crippen LogP contribution in [0.5, 0.6) is 0 Å². The van der Waals surface area contributed by atoms with Crippen LogP contribution in [-0.4, -0.2) is 16.7 Å². The zero-order valence-corrected chi connectivity index (χ0v) is 13.5. The summed E-state index contributed by atoms with van der Waals surface area (Å²) in [6.45, 7) is 2.27. The largest absolute Gasteiger partial charge is 0.396 e. The molecule has 0 saturated carbocycles. The molecule has 1 aromatic heterocycles. The van der Waals surface area contributed by atoms with Crippen LogP contribution in [-0.2, 0) is 0 Å². The average Bonchev–Trinajstić information content (AvgIpc) is 2.91. The second kappa shape index (κ2) is 6.04. The molecule has 0 radical (unpaired) electrons. The number of rotatable bonds is 4. The van der Waals surface area contributed by atoms with Gasteiger partial charge in [-0.3, -0.25) is 0 Å². The van der Waals surface area contributed by atoms with Crippen molar-refractivity contribution in [3.63, 3.8) is 0 Å². The van der Waals surface area contributed by atoms with Gasteiger partial charge in [0.1, 0.15) is 0 Å². The number of aryl methyl sites for hydroxylation is 1. The number of benzene rings is 2. The molecule has 3 rings (SSSR count). The van der Waals surface area contributed by atoms with Crippen LogP contribution in [0.1, 0.15) is 29.0 Å². The number of halogens is 1. The molecule has 0 bridgehead atoms. The molecule has 0 aliphatic rings. The fraction of sp³-hybridized carbons (Fsp3) is 0.222. The van der Waals surface area contributed by atoms with Crippen LogP contribution in [0.15, 0.2) is 53.1 Å². The highest BCUT2D eigenvalue weighted by Gasteiger charge is 2.18. The first-order valence-corrected chi connectivity index (χ1v) is 7.93. The van der Waals surface area contributed by atoms with E-state index in [-0.39, 0.29) is 12.5 Å². The lowest BCUT2D eigenvalue weighted by atomic mass is 9.88. The van der Waals surface area contributed by atoms with E-state index in [1.54, 1.807) is 0 Å². The monoisotopic (exact) mass is 343 g/mol. The summed E-state index contributed by atoms with van der Waals surface area (Å²) in [4.78, 5) is 3.35. The Balaban J connectivity index is 2.11. The van der Waals surface area contributed by atoms with E-state index in [0.29, 0.717) is 0 Å². The van der Waals surface area contributed by atoms with Crippen LogP contribution in [0.2, 0.25) is 0 Å². The number of para-hydroxylation sites is 1. The summed E-state index contributed by atoms with van der Waals surface area (Å²) >= 11 is 3.58. The first kappa shape index (κ1) is 14.4. The summed E-state index contributed by atoms with van der Waals surface area (Å²) in [5, 5.41) is 10.7. The lowest BCUT2D eigenvalue weighted by molar-refractivity contribution is 0.282. The minimum atomic E-state index is 0.180. The van der Waals surface area contributed by atoms with E-state index in [2.05, 4.69) is 70.4 Å². The molecule has 2 N–H and O–H groups in total. The summed E-state index contributed by atoms with van der Waals surface area (Å²) in [6, 6.07) is 14.8. The number of aliphatic hydroxyl groups is 1. The molecular weight excluding hydrogens is 326 g/mol. The Morgan fingerprint density at radius 2 is 1.90 bits per heavy atom. The Bertz CT molecular complexity index is 746. The van der Waals surface area contributed by atoms with Gasteiger partial charge in [-0.25, -0.2) is 0 Å². The predicted molar refractivity (Wildman–Crippen MR) is 90.7 cm³/mol. The van der Waals surface area contributed by atoms with Gasteiger partial charge in [0.25, 0.3) is 0 Å². The molecule has 0 aliphatic heterocycles. The maximum Gasteiger partial charge on any atom is 0.0601 e. The van der Waals surface area contributed by atoms with Gasteiger partial charge in [-0.1, -0.05) is 42.0 Å². The minimum absolute atomic E-state index is 0.180. The van der Waals surface area contributed by atoms with E-state index in [1.807, 2.05) is 6.07 Å². The normalized spacial score (nSPS) is 12.7. The molecular formula is C18H18BrNO. The molecule has 0 spiro atoms. The molecule has 2 aromatic carbocycles. The van der Waals surface area contributed by atoms with Gasteiger partial charge in [0.05, 0.1) is 5.52 Å². The van der Waals surface area contributed by atoms with Crippen molar-refractivity contribution in [1.29, 1.82) is 0 Å². The van der Waals surface area contributed by atoms with Gasteiger partial charge in [-0.05, 0) is 46.5 Å². The van der Waals surface area contributed by atoms with Gasteiger partial charge in [0, 0.05) is 28.6 Å². The van der Waals surface area contributed by atoms with Crippen LogP contribution in [0.4, 0.5) is 0 Å². The van der Waals surface area contributed by atoms with Crippen molar-refractivity contribution in [1.82, 2.24) is 4.98 Å². The summed E-state index contributed by atoms with van der Waals surface area (Å²) in [5.41, 5.74) is 4.85. The van der Waals surface area contributed by atoms with Crippen LogP contribution in [0.3, 0.4) is 0 Å². The number of hydrogen-bond donors (Lipinski definition) is 2. The maximum atomic E-state index is 9.46. The summed E-state index contributed by atoms with van der Waals surface area (Å²) in [7, 11) is 0. The number of fused-ring (bicyclic) bond motifs is 1. The van der Waals surface area contributed by atoms with Crippen LogP contribution >= 0.6 is 15.9 Å². The van der Waals surface area contributed by atoms with Crippen LogP contribution in [0, 0.1) is 6.92 Å². The molecule has 0 saturated heterocycles. The predicted octanol–water partition coefficient (Wildman–Crippen LogP) is 4.75. The Morgan fingerprint density at radius 1 is 1.14 bits per heavy atom. The molecule has 3 heteroatoms. The molecule has 21 heavy (non-hydrogen) atoms. The molecule has 108 valence electrons. The highest BCUT2D eigenvalue weighted by molar-refractivity contribution is 9.10. The Labute approximate surface area is 133 Å². The van der Waals surface area contributed by atoms with Crippen molar-refractivity contribution in [2.45, 2.75) is 19.3 Å². The lowest BCUT2D eigenvalue weighted by Gasteiger charge is -2.16. The first-order chi connectivity index (χ1) is 10.2. The summed E-state index contributed by atoms with van der Waals surface area (Å²) in [6.07, 6.45) is 2.79. The zero-order valence-electron chi connectivity index (χ0n) is 11.9. The number of nitrogens with one attached hydrogen (secondary N) is 1. The van der Waals surface area contributed by atoms with Crippen molar-refractivity contribution in [2.24, 2.45) is 0 Å². The van der Waals surface area contributed by atoms with Crippen molar-refractivity contribution in [3.05, 3.63) is 69.8 Å². The SMILES string of the molecule is Cc1ccc(C(CCO)c2c[nH]c3c(Br)cccc23)cc1. The molecule has 1 unspecified atom stereocenters.